The molecule has 0 aromatic carbocycles. The average Bonchev–Trinajstić information content (AvgIpc) is 2.27. The summed E-state index contributed by atoms with van der Waals surface area (Å²) in [7, 11) is 0. The number of nitrogens with zero attached hydrogens (tertiary/aromatic N) is 1. The Hall–Kier alpha value is 0.430. The Labute approximate surface area is 127 Å². The molecule has 1 N–H and O–H groups in total. The van der Waals surface area contributed by atoms with Crippen molar-refractivity contribution in [3.05, 3.63) is 0 Å². The van der Waals surface area contributed by atoms with E-state index in [4.69, 9.17) is 16.3 Å². The lowest BCUT2D eigenvalue weighted by Gasteiger charge is -2.25. The monoisotopic (exact) mass is 322 g/mol. The molecular weight excluding hydrogens is 295 g/mol. The molecule has 1 unspecified atom stereocenters. The normalized spacial score (nSPS) is 21.2. The van der Waals surface area contributed by atoms with Gasteiger partial charge in [0, 0.05) is 5.25 Å². The van der Waals surface area contributed by atoms with Gasteiger partial charge < -0.3 is 9.61 Å². The molecule has 0 spiro atoms. The maximum absolute atomic E-state index is 5.92. The third-order valence-electron chi connectivity index (χ3n) is 2.78. The summed E-state index contributed by atoms with van der Waals surface area (Å²) >= 11 is 7.39. The van der Waals surface area contributed by atoms with Gasteiger partial charge in [-0.05, 0) is 38.5 Å². The molecule has 0 saturated heterocycles. The summed E-state index contributed by atoms with van der Waals surface area (Å²) < 4.78 is 5.92. The number of nitrogens with one attached hydrogen (secondary N) is 1. The van der Waals surface area contributed by atoms with Crippen LogP contribution in [0.5, 0.6) is 0 Å². The van der Waals surface area contributed by atoms with Gasteiger partial charge >= 0.3 is 0 Å². The van der Waals surface area contributed by atoms with E-state index < -0.39 is 5.62 Å². The molecule has 0 bridgehead atoms. The summed E-state index contributed by atoms with van der Waals surface area (Å²) in [5.74, 6) is 0. The van der Waals surface area contributed by atoms with E-state index in [1.807, 2.05) is 20.2 Å². The van der Waals surface area contributed by atoms with E-state index in [1.165, 1.54) is 32.1 Å². The van der Waals surface area contributed by atoms with Crippen molar-refractivity contribution in [3.63, 3.8) is 0 Å². The minimum atomic E-state index is -2.05. The first kappa shape index (κ1) is 17.5. The van der Waals surface area contributed by atoms with Crippen molar-refractivity contribution < 1.29 is 4.52 Å². The summed E-state index contributed by atoms with van der Waals surface area (Å²) in [6, 6.07) is 0.479. The number of hydrogen-bond acceptors (Lipinski definition) is 4. The maximum atomic E-state index is 5.92. The van der Waals surface area contributed by atoms with E-state index >= 15 is 0 Å². The summed E-state index contributed by atoms with van der Waals surface area (Å²) in [6.45, 7) is 8.36. The molecule has 1 saturated carbocycles. The Morgan fingerprint density at radius 1 is 1.26 bits per heavy atom. The highest BCUT2D eigenvalue weighted by Crippen LogP contribution is 2.58. The zero-order valence-corrected chi connectivity index (χ0v) is 15.0. The van der Waals surface area contributed by atoms with Crippen molar-refractivity contribution in [1.82, 2.24) is 5.09 Å². The minimum Gasteiger partial charge on any atom is -0.324 e. The number of rotatable bonds is 7. The molecule has 0 aromatic rings. The summed E-state index contributed by atoms with van der Waals surface area (Å²) in [5, 5.41) is 3.74. The van der Waals surface area contributed by atoms with Crippen LogP contribution in [0, 0.1) is 0 Å². The SMILES string of the molecule is CC(C)OP(=S)(NC=NC1CCCCC1)SC(C)C. The van der Waals surface area contributed by atoms with E-state index in [-0.39, 0.29) is 6.10 Å². The largest absolute Gasteiger partial charge is 0.324 e. The third-order valence-corrected chi connectivity index (χ3v) is 8.63. The van der Waals surface area contributed by atoms with Crippen LogP contribution in [0.15, 0.2) is 4.99 Å². The van der Waals surface area contributed by atoms with E-state index in [0.717, 1.165) is 0 Å². The van der Waals surface area contributed by atoms with Crippen molar-refractivity contribution in [1.29, 1.82) is 0 Å². The van der Waals surface area contributed by atoms with Crippen LogP contribution >= 0.6 is 17.0 Å². The van der Waals surface area contributed by atoms with Crippen LogP contribution in [0.4, 0.5) is 0 Å². The van der Waals surface area contributed by atoms with Crippen LogP contribution in [0.2, 0.25) is 0 Å². The Morgan fingerprint density at radius 2 is 1.89 bits per heavy atom. The third kappa shape index (κ3) is 7.69. The molecule has 6 heteroatoms. The molecule has 112 valence electrons. The molecule has 0 aromatic heterocycles. The van der Waals surface area contributed by atoms with Gasteiger partial charge in [-0.15, -0.1) is 0 Å². The molecule has 3 nitrogen and oxygen atoms in total. The van der Waals surface area contributed by atoms with Crippen LogP contribution in [0.25, 0.3) is 0 Å². The van der Waals surface area contributed by atoms with Crippen molar-refractivity contribution in [3.8, 4) is 0 Å². The van der Waals surface area contributed by atoms with Crippen LogP contribution < -0.4 is 5.09 Å². The average molecular weight is 322 g/mol. The molecule has 1 aliphatic rings. The van der Waals surface area contributed by atoms with E-state index in [2.05, 4.69) is 23.9 Å². The second-order valence-corrected chi connectivity index (χ2v) is 12.5. The van der Waals surface area contributed by atoms with Gasteiger partial charge in [0.05, 0.1) is 18.5 Å². The topological polar surface area (TPSA) is 33.6 Å². The smallest absolute Gasteiger partial charge is 0.211 e. The predicted molar refractivity (Wildman–Crippen MR) is 91.7 cm³/mol. The molecule has 1 fully saturated rings. The fourth-order valence-electron chi connectivity index (χ4n) is 2.08. The van der Waals surface area contributed by atoms with Crippen molar-refractivity contribution in [2.45, 2.75) is 77.2 Å². The first-order chi connectivity index (χ1) is 8.91. The van der Waals surface area contributed by atoms with Crippen molar-refractivity contribution in [2.75, 3.05) is 0 Å². The molecule has 0 heterocycles. The summed E-state index contributed by atoms with van der Waals surface area (Å²) in [5.41, 5.74) is -2.05. The fourth-order valence-corrected chi connectivity index (χ4v) is 8.43. The minimum absolute atomic E-state index is 0.146. The Kier molecular flexibility index (Phi) is 7.97. The van der Waals surface area contributed by atoms with Crippen molar-refractivity contribution >= 4 is 35.1 Å². The lowest BCUT2D eigenvalue weighted by Crippen LogP contribution is -2.16. The molecule has 0 radical (unpaired) electrons. The van der Waals surface area contributed by atoms with Crippen LogP contribution in [0.3, 0.4) is 0 Å². The molecule has 0 amide bonds. The summed E-state index contributed by atoms with van der Waals surface area (Å²) in [4.78, 5) is 4.61. The quantitative estimate of drug-likeness (QED) is 0.417. The first-order valence-electron chi connectivity index (χ1n) is 7.17. The zero-order chi connectivity index (χ0) is 14.3. The van der Waals surface area contributed by atoms with Crippen LogP contribution in [-0.4, -0.2) is 23.7 Å². The molecule has 1 atom stereocenters. The Morgan fingerprint density at radius 3 is 2.42 bits per heavy atom. The predicted octanol–water partition coefficient (Wildman–Crippen LogP) is 4.73. The zero-order valence-electron chi connectivity index (χ0n) is 12.5. The lowest BCUT2D eigenvalue weighted by molar-refractivity contribution is 0.274. The van der Waals surface area contributed by atoms with Gasteiger partial charge in [0.15, 0.2) is 0 Å². The van der Waals surface area contributed by atoms with Gasteiger partial charge in [-0.25, -0.2) is 0 Å². The van der Waals surface area contributed by atoms with E-state index in [9.17, 15) is 0 Å². The molecule has 1 aliphatic carbocycles. The van der Waals surface area contributed by atoms with E-state index in [1.54, 1.807) is 11.4 Å². The van der Waals surface area contributed by atoms with Gasteiger partial charge in [0.2, 0.25) is 5.62 Å². The second kappa shape index (κ2) is 8.66. The van der Waals surface area contributed by atoms with Crippen molar-refractivity contribution in [2.24, 2.45) is 4.99 Å². The number of hydrogen-bond donors (Lipinski definition) is 1. The standard InChI is InChI=1S/C13H27N2OPS2/c1-11(2)16-17(18,19-12(3)4)15-10-14-13-8-6-5-7-9-13/h10-13H,5-9H2,1-4H3,(H,14,15,18). The van der Waals surface area contributed by atoms with Gasteiger partial charge in [-0.1, -0.05) is 44.5 Å². The maximum Gasteiger partial charge on any atom is 0.211 e. The van der Waals surface area contributed by atoms with Gasteiger partial charge in [-0.3, -0.25) is 4.99 Å². The summed E-state index contributed by atoms with van der Waals surface area (Å²) in [6.07, 6.45) is 8.35. The van der Waals surface area contributed by atoms with E-state index in [0.29, 0.717) is 11.3 Å². The highest BCUT2D eigenvalue weighted by Gasteiger charge is 2.21. The van der Waals surface area contributed by atoms with Gasteiger partial charge in [0.25, 0.3) is 0 Å². The van der Waals surface area contributed by atoms with Crippen LogP contribution in [0.1, 0.15) is 59.8 Å². The highest BCUT2D eigenvalue weighted by atomic mass is 32.9. The lowest BCUT2D eigenvalue weighted by atomic mass is 9.96. The second-order valence-electron chi connectivity index (χ2n) is 5.50. The Balaban J connectivity index is 2.51. The molecule has 19 heavy (non-hydrogen) atoms. The van der Waals surface area contributed by atoms with Gasteiger partial charge in [-0.2, -0.15) is 0 Å². The van der Waals surface area contributed by atoms with Gasteiger partial charge in [0.1, 0.15) is 0 Å². The fraction of sp³-hybridized carbons (Fsp3) is 0.923. The molecular formula is C13H27N2OPS2. The Bertz CT molecular complexity index is 315. The number of aliphatic imine (C=N–C) groups is 1. The highest BCUT2D eigenvalue weighted by molar-refractivity contribution is 8.69. The molecule has 0 aliphatic heterocycles. The first-order valence-corrected chi connectivity index (χ1v) is 11.4. The molecule has 1 rings (SSSR count). The van der Waals surface area contributed by atoms with Crippen LogP contribution in [-0.2, 0) is 16.3 Å².